The van der Waals surface area contributed by atoms with E-state index in [1.165, 1.54) is 98.8 Å². The Hall–Kier alpha value is -7.88. The van der Waals surface area contributed by atoms with Crippen LogP contribution in [0.25, 0.3) is 76.5 Å². The molecule has 1 aromatic heterocycles. The molecular formula is C64H48BNO. The van der Waals surface area contributed by atoms with Crippen LogP contribution in [0.15, 0.2) is 205 Å². The first-order valence-corrected chi connectivity index (χ1v) is 23.6. The second-order valence-electron chi connectivity index (χ2n) is 19.3. The fraction of sp³-hybridized carbons (Fsp3) is 0.0938. The van der Waals surface area contributed by atoms with Crippen LogP contribution in [-0.2, 0) is 5.41 Å². The van der Waals surface area contributed by atoms with Gasteiger partial charge in [0.25, 0.3) is 0 Å². The maximum absolute atomic E-state index is 6.86. The Balaban J connectivity index is 1.08. The Bertz CT molecular complexity index is 3930. The van der Waals surface area contributed by atoms with E-state index >= 15 is 0 Å². The van der Waals surface area contributed by atoms with E-state index in [4.69, 9.17) is 4.42 Å². The first-order valence-electron chi connectivity index (χ1n) is 23.6. The summed E-state index contributed by atoms with van der Waals surface area (Å²) in [4.78, 5) is 2.53. The van der Waals surface area contributed by atoms with E-state index in [0.29, 0.717) is 0 Å². The number of benzene rings is 11. The topological polar surface area (TPSA) is 16.4 Å². The van der Waals surface area contributed by atoms with Crippen LogP contribution >= 0.6 is 0 Å². The van der Waals surface area contributed by atoms with Gasteiger partial charge in [0.05, 0.1) is 11.4 Å². The summed E-state index contributed by atoms with van der Waals surface area (Å²) < 4.78 is 6.86. The highest BCUT2D eigenvalue weighted by Crippen LogP contribution is 2.52. The fourth-order valence-electron chi connectivity index (χ4n) is 12.1. The molecule has 1 aliphatic rings. The molecule has 0 saturated carbocycles. The van der Waals surface area contributed by atoms with E-state index in [1.54, 1.807) is 0 Å². The molecule has 0 atom stereocenters. The summed E-state index contributed by atoms with van der Waals surface area (Å²) in [6.07, 6.45) is 0. The highest BCUT2D eigenvalue weighted by Gasteiger charge is 2.36. The van der Waals surface area contributed by atoms with E-state index in [9.17, 15) is 0 Å². The first kappa shape index (κ1) is 39.5. The van der Waals surface area contributed by atoms with Gasteiger partial charge >= 0.3 is 0 Å². The average Bonchev–Trinajstić information content (AvgIpc) is 3.84. The summed E-state index contributed by atoms with van der Waals surface area (Å²) in [5.74, 6) is 0. The lowest BCUT2D eigenvalue weighted by Gasteiger charge is -2.31. The van der Waals surface area contributed by atoms with Crippen molar-refractivity contribution >= 4 is 94.4 Å². The van der Waals surface area contributed by atoms with Gasteiger partial charge < -0.3 is 9.32 Å². The zero-order valence-corrected chi connectivity index (χ0v) is 38.5. The molecule has 0 bridgehead atoms. The van der Waals surface area contributed by atoms with Crippen LogP contribution < -0.4 is 21.3 Å². The second-order valence-corrected chi connectivity index (χ2v) is 19.3. The Morgan fingerprint density at radius 1 is 0.448 bits per heavy atom. The summed E-state index contributed by atoms with van der Waals surface area (Å²) in [6.45, 7) is 11.4. The van der Waals surface area contributed by atoms with Gasteiger partial charge in [0.15, 0.2) is 0 Å². The molecule has 318 valence electrons. The zero-order valence-electron chi connectivity index (χ0n) is 38.5. The molecule has 0 fully saturated rings. The van der Waals surface area contributed by atoms with Crippen LogP contribution in [0.4, 0.5) is 17.1 Å². The normalized spacial score (nSPS) is 13.0. The molecule has 0 amide bonds. The second kappa shape index (κ2) is 14.8. The molecule has 0 spiro atoms. The van der Waals surface area contributed by atoms with Crippen molar-refractivity contribution in [2.45, 2.75) is 40.0 Å². The summed E-state index contributed by atoms with van der Waals surface area (Å²) in [7, 11) is 0. The maximum Gasteiger partial charge on any atom is 0.247 e. The number of hydrogen-bond acceptors (Lipinski definition) is 2. The summed E-state index contributed by atoms with van der Waals surface area (Å²) in [5.41, 5.74) is 20.5. The molecule has 11 aromatic carbocycles. The Morgan fingerprint density at radius 2 is 1.09 bits per heavy atom. The van der Waals surface area contributed by atoms with Crippen molar-refractivity contribution in [3.63, 3.8) is 0 Å². The predicted octanol–water partition coefficient (Wildman–Crippen LogP) is 15.4. The number of aryl methyl sites for hydroxylation is 3. The van der Waals surface area contributed by atoms with Gasteiger partial charge in [0, 0.05) is 32.8 Å². The maximum atomic E-state index is 6.86. The smallest absolute Gasteiger partial charge is 0.247 e. The average molecular weight is 858 g/mol. The van der Waals surface area contributed by atoms with Crippen molar-refractivity contribution < 1.29 is 4.42 Å². The van der Waals surface area contributed by atoms with Gasteiger partial charge in [-0.2, -0.15) is 0 Å². The lowest BCUT2D eigenvalue weighted by molar-refractivity contribution is 0.660. The molecule has 3 heteroatoms. The van der Waals surface area contributed by atoms with Crippen LogP contribution in [0.3, 0.4) is 0 Å². The van der Waals surface area contributed by atoms with Crippen LogP contribution in [0.2, 0.25) is 0 Å². The van der Waals surface area contributed by atoms with Gasteiger partial charge in [0.1, 0.15) is 11.2 Å². The van der Waals surface area contributed by atoms with Gasteiger partial charge in [-0.25, -0.2) is 0 Å². The Kier molecular flexibility index (Phi) is 8.74. The van der Waals surface area contributed by atoms with Crippen molar-refractivity contribution in [2.75, 3.05) is 4.90 Å². The fourth-order valence-corrected chi connectivity index (χ4v) is 12.1. The Morgan fingerprint density at radius 3 is 1.91 bits per heavy atom. The van der Waals surface area contributed by atoms with E-state index in [2.05, 4.69) is 240 Å². The van der Waals surface area contributed by atoms with Crippen molar-refractivity contribution in [2.24, 2.45) is 0 Å². The SMILES string of the molecule is Cc1cc(C)c(B(c2ccc3ccc4c(N(c5ccc6c(c5)C(C)(C)c5ccccc5-6)c5ccccc5-c5ccccc5)ccc5ccc2c3c54)c2cccc3c2oc2ccccc23)c(C)c1. The molecule has 67 heavy (non-hydrogen) atoms. The molecule has 0 N–H and O–H groups in total. The standard InChI is InChI=1S/C64H48BNO/c1-39-36-40(2)62(41(3)37-39)65(56-23-15-21-50-49-20-11-14-25-59(49)67-63(50)56)55-34-28-43-27-32-52-58(35-29-44-26-31-51(55)60(43)61(44)52)66(57-24-13-10-18-46(57)42-16-7-6-8-17-42)45-30-33-48-47-19-9-12-22-53(47)64(4,5)54(48)38-45/h6-38H,1-5H3. The van der Waals surface area contributed by atoms with E-state index < -0.39 is 0 Å². The molecule has 0 unspecified atom stereocenters. The van der Waals surface area contributed by atoms with E-state index in [0.717, 1.165) is 39.0 Å². The predicted molar refractivity (Wildman–Crippen MR) is 287 cm³/mol. The first-order chi connectivity index (χ1) is 32.7. The molecule has 2 nitrogen and oxygen atoms in total. The highest BCUT2D eigenvalue weighted by atomic mass is 16.3. The van der Waals surface area contributed by atoms with Crippen molar-refractivity contribution in [1.29, 1.82) is 0 Å². The molecule has 1 heterocycles. The third-order valence-electron chi connectivity index (χ3n) is 15.1. The molecule has 0 aliphatic heterocycles. The number of para-hydroxylation sites is 3. The number of furan rings is 1. The third kappa shape index (κ3) is 5.90. The van der Waals surface area contributed by atoms with Gasteiger partial charge in [-0.15, -0.1) is 0 Å². The zero-order chi connectivity index (χ0) is 45.1. The lowest BCUT2D eigenvalue weighted by atomic mass is 9.34. The minimum absolute atomic E-state index is 0.0814. The Labute approximate surface area is 392 Å². The van der Waals surface area contributed by atoms with Crippen molar-refractivity contribution in [1.82, 2.24) is 0 Å². The molecule has 13 rings (SSSR count). The van der Waals surface area contributed by atoms with Crippen LogP contribution in [0, 0.1) is 20.8 Å². The number of nitrogens with zero attached hydrogens (tertiary/aromatic N) is 1. The van der Waals surface area contributed by atoms with E-state index in [1.807, 2.05) is 0 Å². The van der Waals surface area contributed by atoms with Crippen molar-refractivity contribution in [3.8, 4) is 22.3 Å². The quantitative estimate of drug-likeness (QED) is 0.117. The van der Waals surface area contributed by atoms with E-state index in [-0.39, 0.29) is 12.1 Å². The molecular weight excluding hydrogens is 810 g/mol. The van der Waals surface area contributed by atoms with Crippen LogP contribution in [0.1, 0.15) is 41.7 Å². The molecule has 0 radical (unpaired) electrons. The lowest BCUT2D eigenvalue weighted by Crippen LogP contribution is -2.54. The molecule has 0 saturated heterocycles. The third-order valence-corrected chi connectivity index (χ3v) is 15.1. The van der Waals surface area contributed by atoms with Crippen molar-refractivity contribution in [3.05, 3.63) is 228 Å². The van der Waals surface area contributed by atoms with Gasteiger partial charge in [-0.05, 0) is 111 Å². The number of hydrogen-bond donors (Lipinski definition) is 0. The largest absolute Gasteiger partial charge is 0.457 e. The minimum atomic E-state index is -0.150. The van der Waals surface area contributed by atoms with Crippen LogP contribution in [0.5, 0.6) is 0 Å². The van der Waals surface area contributed by atoms with Gasteiger partial charge in [-0.1, -0.05) is 211 Å². The van der Waals surface area contributed by atoms with Gasteiger partial charge in [0.2, 0.25) is 6.71 Å². The summed E-state index contributed by atoms with van der Waals surface area (Å²) >= 11 is 0. The monoisotopic (exact) mass is 857 g/mol. The summed E-state index contributed by atoms with van der Waals surface area (Å²) in [6, 6.07) is 74.6. The number of anilines is 3. The molecule has 1 aliphatic carbocycles. The molecule has 12 aromatic rings. The minimum Gasteiger partial charge on any atom is -0.457 e. The van der Waals surface area contributed by atoms with Gasteiger partial charge in [-0.3, -0.25) is 0 Å². The number of rotatable bonds is 7. The summed E-state index contributed by atoms with van der Waals surface area (Å²) in [5, 5.41) is 9.82. The number of fused-ring (bicyclic) bond motifs is 6. The van der Waals surface area contributed by atoms with Crippen LogP contribution in [-0.4, -0.2) is 6.71 Å². The highest BCUT2D eigenvalue weighted by molar-refractivity contribution is 6.98.